The fourth-order valence-electron chi connectivity index (χ4n) is 3.23. The van der Waals surface area contributed by atoms with Gasteiger partial charge in [-0.2, -0.15) is 0 Å². The van der Waals surface area contributed by atoms with Crippen LogP contribution in [0.15, 0.2) is 23.7 Å². The molecule has 2 aliphatic heterocycles. The molecule has 0 aromatic rings. The van der Waals surface area contributed by atoms with E-state index in [1.54, 1.807) is 7.11 Å². The van der Waals surface area contributed by atoms with Crippen molar-refractivity contribution in [1.82, 2.24) is 15.5 Å². The Kier molecular flexibility index (Phi) is 3.24. The van der Waals surface area contributed by atoms with Crippen LogP contribution in [-0.2, 0) is 9.53 Å². The van der Waals surface area contributed by atoms with E-state index in [1.807, 2.05) is 24.1 Å². The molecule has 0 aromatic carbocycles. The second-order valence-corrected chi connectivity index (χ2v) is 6.10. The lowest BCUT2D eigenvalue weighted by Crippen LogP contribution is -2.40. The zero-order valence-electron chi connectivity index (χ0n) is 12.4. The van der Waals surface area contributed by atoms with E-state index in [4.69, 9.17) is 4.74 Å². The van der Waals surface area contributed by atoms with Crippen LogP contribution >= 0.6 is 0 Å². The number of allylic oxidation sites excluding steroid dienone is 1. The fraction of sp³-hybridized carbons (Fsp3) is 0.667. The van der Waals surface area contributed by atoms with Gasteiger partial charge in [0.25, 0.3) is 0 Å². The number of methoxy groups -OCH3 is 1. The molecule has 3 rings (SSSR count). The number of amides is 1. The second kappa shape index (κ2) is 4.81. The van der Waals surface area contributed by atoms with Gasteiger partial charge in [-0.3, -0.25) is 4.79 Å². The van der Waals surface area contributed by atoms with Gasteiger partial charge < -0.3 is 20.3 Å². The molecule has 5 heteroatoms. The quantitative estimate of drug-likeness (QED) is 0.809. The molecular formula is C15H23N3O2. The minimum atomic E-state index is -0.196. The van der Waals surface area contributed by atoms with Crippen LogP contribution < -0.4 is 10.6 Å². The summed E-state index contributed by atoms with van der Waals surface area (Å²) in [4.78, 5) is 14.7. The summed E-state index contributed by atoms with van der Waals surface area (Å²) in [6.07, 6.45) is 7.12. The van der Waals surface area contributed by atoms with Crippen molar-refractivity contribution in [3.63, 3.8) is 0 Å². The van der Waals surface area contributed by atoms with E-state index in [1.165, 1.54) is 12.8 Å². The standard InChI is InChI=1S/C15H23N3O2/c1-15(10-4-5-10)6-7-18(14(15)19)11-8-12(16-2)17-13(9-11)20-3/h8-10,13,16-17H,4-7H2,1-3H3. The summed E-state index contributed by atoms with van der Waals surface area (Å²) in [5.41, 5.74) is 0.788. The third-order valence-corrected chi connectivity index (χ3v) is 4.81. The van der Waals surface area contributed by atoms with Crippen LogP contribution in [0.3, 0.4) is 0 Å². The van der Waals surface area contributed by atoms with Crippen LogP contribution in [-0.4, -0.2) is 37.7 Å². The van der Waals surface area contributed by atoms with Crippen molar-refractivity contribution in [3.8, 4) is 0 Å². The Bertz CT molecular complexity index is 482. The summed E-state index contributed by atoms with van der Waals surface area (Å²) in [5.74, 6) is 1.74. The highest BCUT2D eigenvalue weighted by atomic mass is 16.5. The molecule has 0 spiro atoms. The first kappa shape index (κ1) is 13.5. The summed E-state index contributed by atoms with van der Waals surface area (Å²) in [7, 11) is 3.51. The van der Waals surface area contributed by atoms with Gasteiger partial charge in [-0.15, -0.1) is 0 Å². The van der Waals surface area contributed by atoms with Crippen molar-refractivity contribution in [2.75, 3.05) is 20.7 Å². The first-order valence-electron chi connectivity index (χ1n) is 7.31. The van der Waals surface area contributed by atoms with Gasteiger partial charge in [0.1, 0.15) is 12.0 Å². The van der Waals surface area contributed by atoms with E-state index >= 15 is 0 Å². The van der Waals surface area contributed by atoms with Crippen LogP contribution in [0.25, 0.3) is 0 Å². The number of rotatable bonds is 4. The largest absolute Gasteiger partial charge is 0.375 e. The molecule has 1 saturated carbocycles. The van der Waals surface area contributed by atoms with E-state index in [-0.39, 0.29) is 17.6 Å². The summed E-state index contributed by atoms with van der Waals surface area (Å²) in [5, 5.41) is 6.27. The summed E-state index contributed by atoms with van der Waals surface area (Å²) in [6, 6.07) is 0. The minimum absolute atomic E-state index is 0.151. The maximum atomic E-state index is 12.8. The van der Waals surface area contributed by atoms with Gasteiger partial charge >= 0.3 is 0 Å². The molecule has 1 aliphatic carbocycles. The number of dihydropyridines is 1. The highest BCUT2D eigenvalue weighted by molar-refractivity contribution is 5.87. The maximum Gasteiger partial charge on any atom is 0.233 e. The summed E-state index contributed by atoms with van der Waals surface area (Å²) >= 11 is 0. The smallest absolute Gasteiger partial charge is 0.233 e. The highest BCUT2D eigenvalue weighted by Gasteiger charge is 2.52. The summed E-state index contributed by atoms with van der Waals surface area (Å²) < 4.78 is 5.35. The number of nitrogens with one attached hydrogen (secondary N) is 2. The predicted octanol–water partition coefficient (Wildman–Crippen LogP) is 1.16. The minimum Gasteiger partial charge on any atom is -0.375 e. The lowest BCUT2D eigenvalue weighted by Gasteiger charge is -2.28. The Morgan fingerprint density at radius 3 is 2.85 bits per heavy atom. The van der Waals surface area contributed by atoms with E-state index in [0.29, 0.717) is 5.92 Å². The topological polar surface area (TPSA) is 53.6 Å². The Morgan fingerprint density at radius 1 is 1.50 bits per heavy atom. The normalized spacial score (nSPS) is 33.6. The molecule has 20 heavy (non-hydrogen) atoms. The number of ether oxygens (including phenoxy) is 1. The first-order valence-corrected chi connectivity index (χ1v) is 7.31. The molecule has 110 valence electrons. The van der Waals surface area contributed by atoms with Crippen LogP contribution in [0.4, 0.5) is 0 Å². The predicted molar refractivity (Wildman–Crippen MR) is 76.3 cm³/mol. The monoisotopic (exact) mass is 277 g/mol. The van der Waals surface area contributed by atoms with Crippen molar-refractivity contribution >= 4 is 5.91 Å². The van der Waals surface area contributed by atoms with Crippen molar-refractivity contribution < 1.29 is 9.53 Å². The van der Waals surface area contributed by atoms with Gasteiger partial charge in [0.05, 0.1) is 5.41 Å². The van der Waals surface area contributed by atoms with Crippen molar-refractivity contribution in [3.05, 3.63) is 23.7 Å². The zero-order chi connectivity index (χ0) is 14.3. The number of nitrogens with zero attached hydrogens (tertiary/aromatic N) is 1. The zero-order valence-corrected chi connectivity index (χ0v) is 12.4. The van der Waals surface area contributed by atoms with Crippen LogP contribution in [0.5, 0.6) is 0 Å². The van der Waals surface area contributed by atoms with E-state index < -0.39 is 0 Å². The van der Waals surface area contributed by atoms with Crippen molar-refractivity contribution in [2.24, 2.45) is 11.3 Å². The Labute approximate surface area is 120 Å². The number of carbonyl (C=O) groups is 1. The molecule has 1 amide bonds. The third kappa shape index (κ3) is 2.10. The molecule has 2 atom stereocenters. The fourth-order valence-corrected chi connectivity index (χ4v) is 3.23. The maximum absolute atomic E-state index is 12.8. The third-order valence-electron chi connectivity index (χ3n) is 4.81. The molecule has 2 N–H and O–H groups in total. The molecule has 2 unspecified atom stereocenters. The molecule has 1 saturated heterocycles. The van der Waals surface area contributed by atoms with Crippen LogP contribution in [0, 0.1) is 11.3 Å². The van der Waals surface area contributed by atoms with Crippen molar-refractivity contribution in [2.45, 2.75) is 32.4 Å². The number of likely N-dealkylation sites (tertiary alicyclic amines) is 1. The Balaban J connectivity index is 1.83. The number of carbonyl (C=O) groups excluding carboxylic acids is 1. The van der Waals surface area contributed by atoms with Crippen molar-refractivity contribution in [1.29, 1.82) is 0 Å². The average molecular weight is 277 g/mol. The average Bonchev–Trinajstić information content (AvgIpc) is 3.27. The Morgan fingerprint density at radius 2 is 2.25 bits per heavy atom. The number of hydrogen-bond donors (Lipinski definition) is 2. The molecule has 0 radical (unpaired) electrons. The molecule has 2 fully saturated rings. The lowest BCUT2D eigenvalue weighted by molar-refractivity contribution is -0.134. The first-order chi connectivity index (χ1) is 9.58. The molecule has 2 heterocycles. The second-order valence-electron chi connectivity index (χ2n) is 6.10. The van der Waals surface area contributed by atoms with Gasteiger partial charge in [0, 0.05) is 32.5 Å². The summed E-state index contributed by atoms with van der Waals surface area (Å²) in [6.45, 7) is 2.94. The molecule has 0 aromatic heterocycles. The van der Waals surface area contributed by atoms with E-state index in [0.717, 1.165) is 24.5 Å². The SMILES string of the molecule is CNC1=CC(N2CCC(C)(C3CC3)C2=O)=CC(OC)N1. The molecule has 0 bridgehead atoms. The van der Waals surface area contributed by atoms with Crippen LogP contribution in [0.2, 0.25) is 0 Å². The van der Waals surface area contributed by atoms with Gasteiger partial charge in [-0.25, -0.2) is 0 Å². The van der Waals surface area contributed by atoms with Gasteiger partial charge in [0.2, 0.25) is 5.91 Å². The lowest BCUT2D eigenvalue weighted by atomic mass is 9.83. The Hall–Kier alpha value is -1.49. The van der Waals surface area contributed by atoms with E-state index in [2.05, 4.69) is 17.6 Å². The highest BCUT2D eigenvalue weighted by Crippen LogP contribution is 2.51. The van der Waals surface area contributed by atoms with Gasteiger partial charge in [-0.05, 0) is 31.3 Å². The molecule has 5 nitrogen and oxygen atoms in total. The molecular weight excluding hydrogens is 254 g/mol. The van der Waals surface area contributed by atoms with Crippen LogP contribution in [0.1, 0.15) is 26.2 Å². The number of hydrogen-bond acceptors (Lipinski definition) is 4. The van der Waals surface area contributed by atoms with Gasteiger partial charge in [-0.1, -0.05) is 6.92 Å². The molecule has 3 aliphatic rings. The van der Waals surface area contributed by atoms with Gasteiger partial charge in [0.15, 0.2) is 0 Å². The van der Waals surface area contributed by atoms with E-state index in [9.17, 15) is 4.79 Å².